The van der Waals surface area contributed by atoms with Crippen LogP contribution in [0, 0.1) is 6.57 Å². The first-order valence-corrected chi connectivity index (χ1v) is 14.7. The van der Waals surface area contributed by atoms with Crippen LogP contribution in [0.3, 0.4) is 0 Å². The molecule has 5 aromatic carbocycles. The van der Waals surface area contributed by atoms with Gasteiger partial charge in [-0.1, -0.05) is 100 Å². The van der Waals surface area contributed by atoms with Crippen molar-refractivity contribution < 1.29 is 0 Å². The van der Waals surface area contributed by atoms with E-state index >= 15 is 0 Å². The third-order valence-corrected chi connectivity index (χ3v) is 11.0. The number of anilines is 2. The molecule has 0 aromatic heterocycles. The third kappa shape index (κ3) is 2.78. The van der Waals surface area contributed by atoms with Gasteiger partial charge in [0.25, 0.3) is 0 Å². The molecule has 0 spiro atoms. The van der Waals surface area contributed by atoms with Gasteiger partial charge in [0.15, 0.2) is 5.69 Å². The van der Waals surface area contributed by atoms with Crippen molar-refractivity contribution >= 4 is 38.6 Å². The Morgan fingerprint density at radius 3 is 2.35 bits per heavy atom. The smallest absolute Gasteiger partial charge is 0.187 e. The lowest BCUT2D eigenvalue weighted by Gasteiger charge is -2.50. The molecule has 2 aliphatic carbocycles. The zero-order valence-electron chi connectivity index (χ0n) is 23.8. The van der Waals surface area contributed by atoms with E-state index < -0.39 is 0 Å². The van der Waals surface area contributed by atoms with E-state index in [0.717, 1.165) is 18.5 Å². The molecule has 8 rings (SSSR count). The summed E-state index contributed by atoms with van der Waals surface area (Å²) in [7, 11) is 0. The Labute approximate surface area is 237 Å². The molecule has 2 atom stereocenters. The molecule has 2 heteroatoms. The number of benzene rings is 5. The van der Waals surface area contributed by atoms with Gasteiger partial charge in [0.05, 0.1) is 12.1 Å². The lowest BCUT2D eigenvalue weighted by molar-refractivity contribution is 0.195. The molecule has 1 fully saturated rings. The van der Waals surface area contributed by atoms with Gasteiger partial charge in [0.1, 0.15) is 0 Å². The molecule has 0 saturated heterocycles. The number of nitrogens with zero attached hydrogens (tertiary/aromatic N) is 2. The molecule has 0 radical (unpaired) electrons. The largest absolute Gasteiger partial charge is 0.335 e. The van der Waals surface area contributed by atoms with E-state index in [0.29, 0.717) is 0 Å². The lowest BCUT2D eigenvalue weighted by atomic mass is 9.61. The Balaban J connectivity index is 1.35. The summed E-state index contributed by atoms with van der Waals surface area (Å²) in [6.07, 6.45) is 4.81. The monoisotopic (exact) mass is 518 g/mol. The van der Waals surface area contributed by atoms with Gasteiger partial charge in [-0.2, -0.15) is 0 Å². The first kappa shape index (κ1) is 23.8. The average molecular weight is 519 g/mol. The lowest BCUT2D eigenvalue weighted by Crippen LogP contribution is -2.54. The highest BCUT2D eigenvalue weighted by atomic mass is 15.3. The second kappa shape index (κ2) is 7.76. The van der Waals surface area contributed by atoms with E-state index in [1.165, 1.54) is 73.6 Å². The minimum Gasteiger partial charge on any atom is -0.335 e. The molecular weight excluding hydrogens is 484 g/mol. The molecule has 1 aliphatic heterocycles. The van der Waals surface area contributed by atoms with Crippen molar-refractivity contribution in [1.29, 1.82) is 0 Å². The van der Waals surface area contributed by atoms with Gasteiger partial charge in [-0.25, -0.2) is 4.85 Å². The van der Waals surface area contributed by atoms with Crippen molar-refractivity contribution in [2.24, 2.45) is 0 Å². The maximum absolute atomic E-state index is 7.67. The fourth-order valence-corrected chi connectivity index (χ4v) is 8.65. The second-order valence-electron chi connectivity index (χ2n) is 13.2. The Hall–Kier alpha value is -4.09. The van der Waals surface area contributed by atoms with Gasteiger partial charge in [0, 0.05) is 22.2 Å². The summed E-state index contributed by atoms with van der Waals surface area (Å²) in [5.74, 6) is 0. The minimum absolute atomic E-state index is 0.0238. The van der Waals surface area contributed by atoms with Gasteiger partial charge < -0.3 is 4.90 Å². The molecule has 0 N–H and O–H groups in total. The predicted octanol–water partition coefficient (Wildman–Crippen LogP) is 10.6. The molecular formula is C38H34N2. The van der Waals surface area contributed by atoms with E-state index in [1.807, 2.05) is 6.07 Å². The minimum atomic E-state index is -0.0895. The fourth-order valence-electron chi connectivity index (χ4n) is 8.65. The number of hydrogen-bond acceptors (Lipinski definition) is 1. The summed E-state index contributed by atoms with van der Waals surface area (Å²) in [4.78, 5) is 6.44. The van der Waals surface area contributed by atoms with E-state index in [4.69, 9.17) is 6.57 Å². The summed E-state index contributed by atoms with van der Waals surface area (Å²) in [6, 6.07) is 31.7. The van der Waals surface area contributed by atoms with Crippen LogP contribution >= 0.6 is 0 Å². The van der Waals surface area contributed by atoms with Crippen molar-refractivity contribution in [2.45, 2.75) is 69.7 Å². The zero-order chi connectivity index (χ0) is 27.4. The Kier molecular flexibility index (Phi) is 4.61. The van der Waals surface area contributed by atoms with Crippen LogP contribution in [0.1, 0.15) is 70.1 Å². The highest BCUT2D eigenvalue weighted by Crippen LogP contribution is 2.62. The molecule has 196 valence electrons. The van der Waals surface area contributed by atoms with Crippen LogP contribution in [0.15, 0.2) is 84.9 Å². The predicted molar refractivity (Wildman–Crippen MR) is 168 cm³/mol. The summed E-state index contributed by atoms with van der Waals surface area (Å²) in [5.41, 5.74) is 10.2. The van der Waals surface area contributed by atoms with Crippen LogP contribution in [0.2, 0.25) is 0 Å². The molecule has 1 heterocycles. The van der Waals surface area contributed by atoms with Crippen molar-refractivity contribution in [2.75, 3.05) is 4.90 Å². The van der Waals surface area contributed by atoms with Crippen LogP contribution in [0.25, 0.3) is 37.5 Å². The standard InChI is InChI=1S/C38H34N2/c1-36(2)31-18-17-28-27-11-7-6-10-24(27)12-15-29(28)35(31)30-16-14-26(23-32(30)36)40-34-19-13-25(39-5)22-33(34)37(3)20-8-9-21-38(37,40)4/h6-7,10-19,22-23H,8-9,20-21H2,1-4H3. The molecule has 5 aromatic rings. The van der Waals surface area contributed by atoms with E-state index in [9.17, 15) is 0 Å². The van der Waals surface area contributed by atoms with Crippen LogP contribution in [-0.2, 0) is 10.8 Å². The molecule has 2 unspecified atom stereocenters. The van der Waals surface area contributed by atoms with Crippen LogP contribution in [0.5, 0.6) is 0 Å². The molecule has 2 nitrogen and oxygen atoms in total. The van der Waals surface area contributed by atoms with Crippen molar-refractivity contribution in [3.63, 3.8) is 0 Å². The van der Waals surface area contributed by atoms with Gasteiger partial charge in [0.2, 0.25) is 0 Å². The number of rotatable bonds is 1. The van der Waals surface area contributed by atoms with Gasteiger partial charge >= 0.3 is 0 Å². The maximum atomic E-state index is 7.67. The van der Waals surface area contributed by atoms with Crippen LogP contribution in [-0.4, -0.2) is 5.54 Å². The molecule has 1 saturated carbocycles. The summed E-state index contributed by atoms with van der Waals surface area (Å²) in [5, 5.41) is 5.29. The zero-order valence-corrected chi connectivity index (χ0v) is 23.8. The first-order valence-electron chi connectivity index (χ1n) is 14.7. The van der Waals surface area contributed by atoms with Gasteiger partial charge in [-0.15, -0.1) is 0 Å². The normalized spacial score (nSPS) is 23.9. The Bertz CT molecular complexity index is 1940. The quantitative estimate of drug-likeness (QED) is 0.158. The maximum Gasteiger partial charge on any atom is 0.187 e. The highest BCUT2D eigenvalue weighted by molar-refractivity contribution is 6.14. The Morgan fingerprint density at radius 1 is 0.700 bits per heavy atom. The topological polar surface area (TPSA) is 7.60 Å². The van der Waals surface area contributed by atoms with Crippen LogP contribution < -0.4 is 4.90 Å². The van der Waals surface area contributed by atoms with E-state index in [1.54, 1.807) is 0 Å². The fraction of sp³-hybridized carbons (Fsp3) is 0.289. The Morgan fingerprint density at radius 2 is 1.50 bits per heavy atom. The summed E-state index contributed by atoms with van der Waals surface area (Å²) in [6.45, 7) is 17.4. The van der Waals surface area contributed by atoms with E-state index in [2.05, 4.69) is 116 Å². The van der Waals surface area contributed by atoms with Crippen molar-refractivity contribution in [3.05, 3.63) is 113 Å². The summed E-state index contributed by atoms with van der Waals surface area (Å²) < 4.78 is 0. The SMILES string of the molecule is [C-]#[N+]c1ccc2c(c1)C1(C)CCCCC1(C)N2c1ccc2c(c1)C(C)(C)c1ccc3c(ccc4ccccc43)c1-2. The highest BCUT2D eigenvalue weighted by Gasteiger charge is 2.57. The van der Waals surface area contributed by atoms with Gasteiger partial charge in [-0.3, -0.25) is 0 Å². The summed E-state index contributed by atoms with van der Waals surface area (Å²) >= 11 is 0. The number of fused-ring (bicyclic) bond motifs is 10. The molecule has 0 amide bonds. The average Bonchev–Trinajstić information content (AvgIpc) is 3.33. The molecule has 0 bridgehead atoms. The van der Waals surface area contributed by atoms with E-state index in [-0.39, 0.29) is 16.4 Å². The number of hydrogen-bond donors (Lipinski definition) is 0. The van der Waals surface area contributed by atoms with Crippen LogP contribution in [0.4, 0.5) is 17.1 Å². The molecule has 40 heavy (non-hydrogen) atoms. The van der Waals surface area contributed by atoms with Crippen molar-refractivity contribution in [3.8, 4) is 11.1 Å². The molecule has 3 aliphatic rings. The second-order valence-corrected chi connectivity index (χ2v) is 13.2. The van der Waals surface area contributed by atoms with Crippen molar-refractivity contribution in [1.82, 2.24) is 0 Å². The third-order valence-electron chi connectivity index (χ3n) is 11.0. The van der Waals surface area contributed by atoms with Gasteiger partial charge in [-0.05, 0) is 87.3 Å². The first-order chi connectivity index (χ1) is 19.3.